The molecule has 3 unspecified atom stereocenters. The highest BCUT2D eigenvalue weighted by Gasteiger charge is 2.30. The molecule has 0 fully saturated rings. The van der Waals surface area contributed by atoms with Crippen molar-refractivity contribution in [1.82, 2.24) is 5.32 Å². The average molecular weight is 1210 g/mol. The number of carbonyl (C=O) groups excluding carboxylic acids is 2. The SMILES string of the molecule is CC/C=C\C/C=C\C/C=C\C/C=C\C/C=C\CCCCCCCC(=O)NC(COP(=O)(O)OCC[N+](C)(C)C)C(/C=C/CCCCCCCCCCCCC)OC(=O)CCCCCCCCCCCCCCCCC/C=C/CCCCCCCC. The van der Waals surface area contributed by atoms with Crippen LogP contribution in [-0.4, -0.2) is 74.3 Å². The summed E-state index contributed by atoms with van der Waals surface area (Å²) in [5, 5.41) is 3.06. The first-order valence-electron chi connectivity index (χ1n) is 35.9. The number of rotatable bonds is 65. The zero-order chi connectivity index (χ0) is 62.1. The Bertz CT molecular complexity index is 1730. The fourth-order valence-corrected chi connectivity index (χ4v) is 11.1. The predicted octanol–water partition coefficient (Wildman–Crippen LogP) is 22.9. The summed E-state index contributed by atoms with van der Waals surface area (Å²) >= 11 is 0. The van der Waals surface area contributed by atoms with Gasteiger partial charge in [-0.05, 0) is 102 Å². The van der Waals surface area contributed by atoms with E-state index in [1.54, 1.807) is 0 Å². The van der Waals surface area contributed by atoms with Crippen molar-refractivity contribution in [1.29, 1.82) is 0 Å². The molecule has 1 amide bonds. The molecule has 0 aromatic heterocycles. The Hall–Kier alpha value is -2.81. The van der Waals surface area contributed by atoms with Gasteiger partial charge < -0.3 is 19.4 Å². The molecule has 0 aromatic rings. The van der Waals surface area contributed by atoms with Crippen molar-refractivity contribution in [2.45, 2.75) is 341 Å². The van der Waals surface area contributed by atoms with Crippen molar-refractivity contribution in [3.8, 4) is 0 Å². The van der Waals surface area contributed by atoms with Crippen LogP contribution in [0.25, 0.3) is 0 Å². The van der Waals surface area contributed by atoms with Crippen molar-refractivity contribution in [2.24, 2.45) is 0 Å². The number of unbranched alkanes of at least 4 members (excludes halogenated alkanes) is 37. The number of likely N-dealkylation sites (N-methyl/N-ethyl adjacent to an activating group) is 1. The lowest BCUT2D eigenvalue weighted by atomic mass is 10.0. The van der Waals surface area contributed by atoms with Crippen LogP contribution in [0.2, 0.25) is 0 Å². The van der Waals surface area contributed by atoms with E-state index in [-0.39, 0.29) is 31.5 Å². The molecule has 0 saturated carbocycles. The Morgan fingerprint density at radius 2 is 0.753 bits per heavy atom. The number of nitrogens with zero attached hydrogens (tertiary/aromatic N) is 1. The van der Waals surface area contributed by atoms with Gasteiger partial charge in [0, 0.05) is 12.8 Å². The Labute approximate surface area is 526 Å². The first kappa shape index (κ1) is 82.2. The minimum atomic E-state index is -4.46. The van der Waals surface area contributed by atoms with Crippen LogP contribution in [0, 0.1) is 0 Å². The average Bonchev–Trinajstić information content (AvgIpc) is 3.50. The van der Waals surface area contributed by atoms with E-state index in [0.29, 0.717) is 17.4 Å². The smallest absolute Gasteiger partial charge is 0.456 e. The molecule has 9 nitrogen and oxygen atoms in total. The minimum Gasteiger partial charge on any atom is -0.456 e. The number of carbonyl (C=O) groups is 2. The number of ether oxygens (including phenoxy) is 1. The number of nitrogens with one attached hydrogen (secondary N) is 1. The molecule has 2 N–H and O–H groups in total. The van der Waals surface area contributed by atoms with Gasteiger partial charge >= 0.3 is 13.8 Å². The van der Waals surface area contributed by atoms with Crippen LogP contribution in [0.1, 0.15) is 329 Å². The number of phosphoric acid groups is 1. The van der Waals surface area contributed by atoms with Gasteiger partial charge in [0.05, 0.1) is 33.8 Å². The molecule has 0 aromatic carbocycles. The first-order valence-corrected chi connectivity index (χ1v) is 37.4. The van der Waals surface area contributed by atoms with Crippen LogP contribution >= 0.6 is 7.82 Å². The normalized spacial score (nSPS) is 14.0. The van der Waals surface area contributed by atoms with E-state index in [9.17, 15) is 19.0 Å². The molecular weight excluding hydrogens is 1070 g/mol. The van der Waals surface area contributed by atoms with Crippen LogP contribution in [0.15, 0.2) is 85.1 Å². The highest BCUT2D eigenvalue weighted by molar-refractivity contribution is 7.47. The molecule has 3 atom stereocenters. The van der Waals surface area contributed by atoms with Crippen LogP contribution in [0.3, 0.4) is 0 Å². The summed E-state index contributed by atoms with van der Waals surface area (Å²) in [4.78, 5) is 37.9. The van der Waals surface area contributed by atoms with Crippen molar-refractivity contribution in [2.75, 3.05) is 40.9 Å². The lowest BCUT2D eigenvalue weighted by molar-refractivity contribution is -0.870. The van der Waals surface area contributed by atoms with Gasteiger partial charge in [0.25, 0.3) is 0 Å². The van der Waals surface area contributed by atoms with Crippen LogP contribution in [0.5, 0.6) is 0 Å². The Balaban J connectivity index is 5.12. The van der Waals surface area contributed by atoms with Gasteiger partial charge in [0.15, 0.2) is 0 Å². The second-order valence-electron chi connectivity index (χ2n) is 25.4. The molecule has 494 valence electrons. The first-order chi connectivity index (χ1) is 41.4. The molecule has 0 rings (SSSR count). The van der Waals surface area contributed by atoms with Crippen LogP contribution in [-0.2, 0) is 27.9 Å². The maximum Gasteiger partial charge on any atom is 0.472 e. The van der Waals surface area contributed by atoms with E-state index >= 15 is 0 Å². The number of hydrogen-bond donors (Lipinski definition) is 2. The summed E-state index contributed by atoms with van der Waals surface area (Å²) in [6.45, 7) is 6.91. The number of phosphoric ester groups is 1. The monoisotopic (exact) mass is 1210 g/mol. The quantitative estimate of drug-likeness (QED) is 0.0205. The molecule has 0 aliphatic heterocycles. The molecule has 0 aliphatic carbocycles. The van der Waals surface area contributed by atoms with E-state index < -0.39 is 20.0 Å². The number of esters is 1. The Morgan fingerprint density at radius 3 is 1.14 bits per heavy atom. The van der Waals surface area contributed by atoms with Gasteiger partial charge in [0.1, 0.15) is 19.3 Å². The zero-order valence-corrected chi connectivity index (χ0v) is 57.5. The summed E-state index contributed by atoms with van der Waals surface area (Å²) in [6.07, 6.45) is 86.0. The summed E-state index contributed by atoms with van der Waals surface area (Å²) in [5.74, 6) is -0.518. The number of quaternary nitrogens is 1. The lowest BCUT2D eigenvalue weighted by Crippen LogP contribution is -2.47. The van der Waals surface area contributed by atoms with E-state index in [0.717, 1.165) is 109 Å². The third-order valence-electron chi connectivity index (χ3n) is 15.8. The number of hydrogen-bond acceptors (Lipinski definition) is 6. The molecule has 0 bridgehead atoms. The van der Waals surface area contributed by atoms with Gasteiger partial charge in [-0.1, -0.05) is 299 Å². The molecule has 0 aliphatic rings. The number of amides is 1. The van der Waals surface area contributed by atoms with Crippen molar-refractivity contribution >= 4 is 19.7 Å². The summed E-state index contributed by atoms with van der Waals surface area (Å²) in [7, 11) is 1.48. The van der Waals surface area contributed by atoms with Gasteiger partial charge in [-0.15, -0.1) is 0 Å². The largest absolute Gasteiger partial charge is 0.472 e. The summed E-state index contributed by atoms with van der Waals surface area (Å²) in [5.41, 5.74) is 0. The molecule has 0 saturated heterocycles. The van der Waals surface area contributed by atoms with Crippen LogP contribution < -0.4 is 5.32 Å². The maximum absolute atomic E-state index is 13.6. The van der Waals surface area contributed by atoms with E-state index in [1.165, 1.54) is 186 Å². The fraction of sp³-hybridized carbons (Fsp3) is 0.787. The highest BCUT2D eigenvalue weighted by Crippen LogP contribution is 2.43. The van der Waals surface area contributed by atoms with Gasteiger partial charge in [0.2, 0.25) is 5.91 Å². The second kappa shape index (κ2) is 64.2. The standard InChI is InChI=1S/C75H137N2O7P/c1-7-10-13-16-19-22-25-28-30-32-34-36-37-38-39-41-43-45-47-50-53-56-59-62-65-68-75(79)84-73(66-63-60-57-54-51-48-27-24-21-18-15-12-9-3)72(71-83-85(80,81)82-70-69-77(4,5)6)76-74(78)67-64-61-58-55-52-49-46-44-42-40-35-33-31-29-26-23-20-17-14-11-8-2/h11,14,20,23,28-31,35,40,44,46,63,66,72-73H,7-10,12-13,15-19,21-22,24-27,32-34,36-39,41-43,45,47-62,64-65,67-71H2,1-6H3,(H-,76,78,80,81)/p+1/b14-11-,23-20-,30-28+,31-29-,40-35-,46-44-,66-63+. The maximum atomic E-state index is 13.6. The predicted molar refractivity (Wildman–Crippen MR) is 369 cm³/mol. The van der Waals surface area contributed by atoms with Crippen molar-refractivity contribution < 1.29 is 37.3 Å². The van der Waals surface area contributed by atoms with Crippen LogP contribution in [0.4, 0.5) is 0 Å². The molecule has 85 heavy (non-hydrogen) atoms. The second-order valence-corrected chi connectivity index (χ2v) is 26.8. The van der Waals surface area contributed by atoms with Gasteiger partial charge in [-0.2, -0.15) is 0 Å². The summed E-state index contributed by atoms with van der Waals surface area (Å²) in [6, 6.07) is -0.863. The minimum absolute atomic E-state index is 0.0339. The topological polar surface area (TPSA) is 111 Å². The molecule has 0 spiro atoms. The lowest BCUT2D eigenvalue weighted by Gasteiger charge is -2.27. The van der Waals surface area contributed by atoms with Crippen molar-refractivity contribution in [3.63, 3.8) is 0 Å². The zero-order valence-electron chi connectivity index (χ0n) is 56.6. The highest BCUT2D eigenvalue weighted by atomic mass is 31.2. The van der Waals surface area contributed by atoms with E-state index in [4.69, 9.17) is 13.8 Å². The van der Waals surface area contributed by atoms with Crippen molar-refractivity contribution in [3.05, 3.63) is 85.1 Å². The third kappa shape index (κ3) is 65.5. The molecule has 0 radical (unpaired) electrons. The Morgan fingerprint density at radius 1 is 0.424 bits per heavy atom. The van der Waals surface area contributed by atoms with Gasteiger partial charge in [-0.25, -0.2) is 4.57 Å². The fourth-order valence-electron chi connectivity index (χ4n) is 10.3. The van der Waals surface area contributed by atoms with E-state index in [2.05, 4.69) is 99.0 Å². The molecular formula is C75H138N2O7P+. The van der Waals surface area contributed by atoms with Gasteiger partial charge in [-0.3, -0.25) is 18.6 Å². The summed E-state index contributed by atoms with van der Waals surface area (Å²) < 4.78 is 30.8. The van der Waals surface area contributed by atoms with E-state index in [1.807, 2.05) is 33.3 Å². The Kier molecular flexibility index (Phi) is 62.1. The number of allylic oxidation sites excluding steroid dienone is 13. The molecule has 0 heterocycles. The third-order valence-corrected chi connectivity index (χ3v) is 16.8. The molecule has 10 heteroatoms.